The van der Waals surface area contributed by atoms with Crippen LogP contribution >= 0.6 is 0 Å². The number of carbonyl (C=O) groups is 1. The topological polar surface area (TPSA) is 61.2 Å². The Morgan fingerprint density at radius 1 is 1.04 bits per heavy atom. The predicted octanol–water partition coefficient (Wildman–Crippen LogP) is 3.98. The SMILES string of the molecule is CCCCn1nc(C(=O)Oc2ccc(CC)cc2)c2ccccc2c1=O. The third-order valence-electron chi connectivity index (χ3n) is 4.33. The summed E-state index contributed by atoms with van der Waals surface area (Å²) in [5.41, 5.74) is 1.15. The molecular formula is C21H22N2O3. The number of unbranched alkanes of at least 4 members (excludes halogenated alkanes) is 1. The molecule has 2 aromatic carbocycles. The van der Waals surface area contributed by atoms with E-state index in [2.05, 4.69) is 12.0 Å². The van der Waals surface area contributed by atoms with Crippen LogP contribution in [-0.4, -0.2) is 15.7 Å². The minimum atomic E-state index is -0.560. The zero-order valence-electron chi connectivity index (χ0n) is 15.1. The number of benzene rings is 2. The molecule has 0 saturated heterocycles. The Labute approximate surface area is 152 Å². The largest absolute Gasteiger partial charge is 0.422 e. The normalized spacial score (nSPS) is 10.8. The summed E-state index contributed by atoms with van der Waals surface area (Å²) in [6, 6.07) is 14.4. The molecule has 3 aromatic rings. The average molecular weight is 350 g/mol. The molecule has 0 unspecified atom stereocenters. The van der Waals surface area contributed by atoms with E-state index in [0.29, 0.717) is 23.1 Å². The summed E-state index contributed by atoms with van der Waals surface area (Å²) < 4.78 is 6.85. The highest BCUT2D eigenvalue weighted by atomic mass is 16.5. The van der Waals surface area contributed by atoms with Gasteiger partial charge in [0.1, 0.15) is 5.75 Å². The summed E-state index contributed by atoms with van der Waals surface area (Å²) in [4.78, 5) is 25.3. The van der Waals surface area contributed by atoms with Gasteiger partial charge in [-0.2, -0.15) is 5.10 Å². The van der Waals surface area contributed by atoms with Crippen molar-refractivity contribution in [3.63, 3.8) is 0 Å². The minimum absolute atomic E-state index is 0.163. The Morgan fingerprint density at radius 3 is 2.38 bits per heavy atom. The van der Waals surface area contributed by atoms with Gasteiger partial charge in [-0.25, -0.2) is 9.48 Å². The van der Waals surface area contributed by atoms with Gasteiger partial charge in [0.2, 0.25) is 0 Å². The first-order chi connectivity index (χ1) is 12.6. The van der Waals surface area contributed by atoms with Gasteiger partial charge >= 0.3 is 5.97 Å². The van der Waals surface area contributed by atoms with Gasteiger partial charge in [-0.05, 0) is 36.6 Å². The number of rotatable bonds is 6. The van der Waals surface area contributed by atoms with Crippen molar-refractivity contribution in [1.29, 1.82) is 0 Å². The van der Waals surface area contributed by atoms with Gasteiger partial charge < -0.3 is 4.74 Å². The Balaban J connectivity index is 2.00. The molecule has 0 saturated carbocycles. The molecule has 0 aliphatic rings. The molecule has 5 heteroatoms. The number of ether oxygens (including phenoxy) is 1. The molecule has 134 valence electrons. The molecule has 0 radical (unpaired) electrons. The molecule has 0 aliphatic heterocycles. The number of fused-ring (bicyclic) bond motifs is 1. The summed E-state index contributed by atoms with van der Waals surface area (Å²) in [5, 5.41) is 5.29. The van der Waals surface area contributed by atoms with E-state index in [4.69, 9.17) is 4.74 Å². The third kappa shape index (κ3) is 3.67. The number of carbonyl (C=O) groups excluding carboxylic acids is 1. The van der Waals surface area contributed by atoms with Crippen molar-refractivity contribution >= 4 is 16.7 Å². The highest BCUT2D eigenvalue weighted by Crippen LogP contribution is 2.18. The Hall–Kier alpha value is -2.95. The first-order valence-electron chi connectivity index (χ1n) is 8.95. The fourth-order valence-electron chi connectivity index (χ4n) is 2.79. The standard InChI is InChI=1S/C21H22N2O3/c1-3-5-14-23-20(24)18-9-7-6-8-17(18)19(22-23)21(25)26-16-12-10-15(4-2)11-13-16/h6-13H,3-5,14H2,1-2H3. The molecule has 0 bridgehead atoms. The zero-order valence-corrected chi connectivity index (χ0v) is 15.1. The van der Waals surface area contributed by atoms with Crippen molar-refractivity contribution in [3.8, 4) is 5.75 Å². The summed E-state index contributed by atoms with van der Waals surface area (Å²) >= 11 is 0. The van der Waals surface area contributed by atoms with Crippen molar-refractivity contribution in [2.45, 2.75) is 39.7 Å². The molecule has 0 N–H and O–H groups in total. The van der Waals surface area contributed by atoms with Crippen molar-refractivity contribution in [2.75, 3.05) is 0 Å². The molecule has 0 spiro atoms. The fraction of sp³-hybridized carbons (Fsp3) is 0.286. The predicted molar refractivity (Wildman–Crippen MR) is 102 cm³/mol. The highest BCUT2D eigenvalue weighted by molar-refractivity contribution is 6.02. The smallest absolute Gasteiger partial charge is 0.364 e. The zero-order chi connectivity index (χ0) is 18.5. The minimum Gasteiger partial charge on any atom is -0.422 e. The van der Waals surface area contributed by atoms with E-state index < -0.39 is 5.97 Å². The molecule has 26 heavy (non-hydrogen) atoms. The maximum atomic E-state index is 12.7. The number of esters is 1. The fourth-order valence-corrected chi connectivity index (χ4v) is 2.79. The second-order valence-electron chi connectivity index (χ2n) is 6.16. The van der Waals surface area contributed by atoms with Crippen LogP contribution in [0.4, 0.5) is 0 Å². The molecule has 0 atom stereocenters. The first kappa shape index (κ1) is 17.9. The second-order valence-corrected chi connectivity index (χ2v) is 6.16. The lowest BCUT2D eigenvalue weighted by Crippen LogP contribution is -2.27. The van der Waals surface area contributed by atoms with E-state index in [1.165, 1.54) is 10.2 Å². The van der Waals surface area contributed by atoms with E-state index in [-0.39, 0.29) is 11.3 Å². The van der Waals surface area contributed by atoms with Gasteiger partial charge in [0.25, 0.3) is 5.56 Å². The van der Waals surface area contributed by atoms with Gasteiger partial charge in [-0.15, -0.1) is 0 Å². The van der Waals surface area contributed by atoms with E-state index >= 15 is 0 Å². The van der Waals surface area contributed by atoms with Gasteiger partial charge in [-0.1, -0.05) is 50.6 Å². The van der Waals surface area contributed by atoms with Crippen LogP contribution in [0.1, 0.15) is 42.7 Å². The highest BCUT2D eigenvalue weighted by Gasteiger charge is 2.18. The van der Waals surface area contributed by atoms with Gasteiger partial charge in [0, 0.05) is 11.9 Å². The van der Waals surface area contributed by atoms with Crippen molar-refractivity contribution < 1.29 is 9.53 Å². The summed E-state index contributed by atoms with van der Waals surface area (Å²) in [5.74, 6) is -0.0971. The van der Waals surface area contributed by atoms with Crippen molar-refractivity contribution in [2.24, 2.45) is 0 Å². The quantitative estimate of drug-likeness (QED) is 0.498. The van der Waals surface area contributed by atoms with Crippen LogP contribution in [0, 0.1) is 0 Å². The number of aromatic nitrogens is 2. The van der Waals surface area contributed by atoms with Crippen molar-refractivity contribution in [3.05, 3.63) is 70.1 Å². The van der Waals surface area contributed by atoms with Gasteiger partial charge in [0.05, 0.1) is 5.39 Å². The maximum absolute atomic E-state index is 12.7. The number of nitrogens with zero attached hydrogens (tertiary/aromatic N) is 2. The Bertz CT molecular complexity index is 975. The first-order valence-corrected chi connectivity index (χ1v) is 8.95. The van der Waals surface area contributed by atoms with E-state index in [1.807, 2.05) is 19.1 Å². The third-order valence-corrected chi connectivity index (χ3v) is 4.33. The Kier molecular flexibility index (Phi) is 5.46. The van der Waals surface area contributed by atoms with Crippen LogP contribution < -0.4 is 10.3 Å². The number of aryl methyl sites for hydroxylation is 2. The summed E-state index contributed by atoms with van der Waals surface area (Å²) in [6.45, 7) is 4.59. The molecule has 0 amide bonds. The average Bonchev–Trinajstić information content (AvgIpc) is 2.68. The lowest BCUT2D eigenvalue weighted by Gasteiger charge is -2.10. The molecule has 1 aromatic heterocycles. The molecule has 0 aliphatic carbocycles. The summed E-state index contributed by atoms with van der Waals surface area (Å²) in [6.07, 6.45) is 2.67. The van der Waals surface area contributed by atoms with Crippen LogP contribution in [0.5, 0.6) is 5.75 Å². The molecule has 5 nitrogen and oxygen atoms in total. The molecular weight excluding hydrogens is 328 g/mol. The van der Waals surface area contributed by atoms with Gasteiger partial charge in [0.15, 0.2) is 5.69 Å². The second kappa shape index (κ2) is 7.95. The van der Waals surface area contributed by atoms with Crippen LogP contribution in [0.3, 0.4) is 0 Å². The van der Waals surface area contributed by atoms with Gasteiger partial charge in [-0.3, -0.25) is 4.79 Å². The van der Waals surface area contributed by atoms with Crippen molar-refractivity contribution in [1.82, 2.24) is 9.78 Å². The number of hydrogen-bond donors (Lipinski definition) is 0. The molecule has 0 fully saturated rings. The lowest BCUT2D eigenvalue weighted by atomic mass is 10.1. The molecule has 3 rings (SSSR count). The van der Waals surface area contributed by atoms with E-state index in [0.717, 1.165) is 19.3 Å². The van der Waals surface area contributed by atoms with E-state index in [1.54, 1.807) is 36.4 Å². The summed E-state index contributed by atoms with van der Waals surface area (Å²) in [7, 11) is 0. The lowest BCUT2D eigenvalue weighted by molar-refractivity contribution is 0.0728. The number of hydrogen-bond acceptors (Lipinski definition) is 4. The monoisotopic (exact) mass is 350 g/mol. The molecule has 1 heterocycles. The van der Waals surface area contributed by atoms with Crippen LogP contribution in [-0.2, 0) is 13.0 Å². The van der Waals surface area contributed by atoms with E-state index in [9.17, 15) is 9.59 Å². The Morgan fingerprint density at radius 2 is 1.73 bits per heavy atom. The van der Waals surface area contributed by atoms with Crippen LogP contribution in [0.15, 0.2) is 53.3 Å². The maximum Gasteiger partial charge on any atom is 0.364 e. The van der Waals surface area contributed by atoms with Crippen LogP contribution in [0.25, 0.3) is 10.8 Å². The van der Waals surface area contributed by atoms with Crippen LogP contribution in [0.2, 0.25) is 0 Å².